The van der Waals surface area contributed by atoms with E-state index in [1.54, 1.807) is 18.2 Å². The van der Waals surface area contributed by atoms with Crippen LogP contribution in [0.15, 0.2) is 48.5 Å². The second-order valence-corrected chi connectivity index (χ2v) is 5.91. The molecule has 2 aromatic rings. The summed E-state index contributed by atoms with van der Waals surface area (Å²) in [5.41, 5.74) is -3.31. The van der Waals surface area contributed by atoms with Gasteiger partial charge in [-0.05, 0) is 17.7 Å². The summed E-state index contributed by atoms with van der Waals surface area (Å²) in [5, 5.41) is 19.3. The van der Waals surface area contributed by atoms with Gasteiger partial charge in [0.1, 0.15) is 0 Å². The smallest absolute Gasteiger partial charge is 0.393 e. The van der Waals surface area contributed by atoms with E-state index < -0.39 is 41.4 Å². The van der Waals surface area contributed by atoms with Gasteiger partial charge in [0.2, 0.25) is 0 Å². The number of carbonyl (C=O) groups excluding carboxylic acids is 2. The van der Waals surface area contributed by atoms with Gasteiger partial charge in [0.15, 0.2) is 5.54 Å². The summed E-state index contributed by atoms with van der Waals surface area (Å²) in [4.78, 5) is 25.9. The molecule has 1 fully saturated rings. The zero-order valence-corrected chi connectivity index (χ0v) is 13.7. The van der Waals surface area contributed by atoms with Gasteiger partial charge in [0.05, 0.1) is 17.9 Å². The highest BCUT2D eigenvalue weighted by molar-refractivity contribution is 6.23. The molecule has 1 saturated heterocycles. The Morgan fingerprint density at radius 1 is 1.15 bits per heavy atom. The van der Waals surface area contributed by atoms with Crippen LogP contribution in [0.25, 0.3) is 0 Å². The van der Waals surface area contributed by atoms with Crippen LogP contribution in [-0.2, 0) is 16.5 Å². The van der Waals surface area contributed by atoms with Crippen LogP contribution in [0.5, 0.6) is 0 Å². The Labute approximate surface area is 151 Å². The van der Waals surface area contributed by atoms with Gasteiger partial charge >= 0.3 is 12.2 Å². The third-order valence-electron chi connectivity index (χ3n) is 4.35. The van der Waals surface area contributed by atoms with Crippen molar-refractivity contribution in [2.75, 3.05) is 11.5 Å². The Morgan fingerprint density at radius 2 is 1.81 bits per heavy atom. The minimum atomic E-state index is -4.77. The Hall–Kier alpha value is -3.20. The van der Waals surface area contributed by atoms with Crippen molar-refractivity contribution in [1.29, 1.82) is 5.41 Å². The number of imide groups is 1. The molecule has 2 aromatic carbocycles. The molecule has 1 heterocycles. The van der Waals surface area contributed by atoms with Gasteiger partial charge in [-0.3, -0.25) is 4.79 Å². The van der Waals surface area contributed by atoms with Crippen LogP contribution in [0.3, 0.4) is 0 Å². The van der Waals surface area contributed by atoms with Crippen molar-refractivity contribution in [1.82, 2.24) is 5.32 Å². The minimum Gasteiger partial charge on any atom is -0.393 e. The highest BCUT2D eigenvalue weighted by atomic mass is 19.4. The number of halogens is 3. The Bertz CT molecular complexity index is 915. The van der Waals surface area contributed by atoms with Gasteiger partial charge < -0.3 is 15.8 Å². The Balaban J connectivity index is 2.10. The maximum absolute atomic E-state index is 13.2. The highest BCUT2D eigenvalue weighted by Gasteiger charge is 2.53. The molecular formula is C18H14F3N3O3. The van der Waals surface area contributed by atoms with Crippen molar-refractivity contribution in [2.45, 2.75) is 11.7 Å². The van der Waals surface area contributed by atoms with E-state index in [4.69, 9.17) is 5.41 Å². The van der Waals surface area contributed by atoms with Crippen LogP contribution in [0, 0.1) is 5.41 Å². The monoisotopic (exact) mass is 377 g/mol. The number of carbonyl (C=O) groups is 2. The number of benzene rings is 2. The van der Waals surface area contributed by atoms with E-state index in [9.17, 15) is 27.9 Å². The normalized spacial score (nSPS) is 19.9. The zero-order chi connectivity index (χ0) is 19.8. The van der Waals surface area contributed by atoms with Gasteiger partial charge in [-0.1, -0.05) is 36.4 Å². The number of nitrogens with zero attached hydrogens (tertiary/aromatic N) is 1. The number of aliphatic hydroxyl groups excluding tert-OH is 1. The lowest BCUT2D eigenvalue weighted by Gasteiger charge is -2.25. The second-order valence-electron chi connectivity index (χ2n) is 5.91. The van der Waals surface area contributed by atoms with E-state index in [0.717, 1.165) is 12.1 Å². The minimum absolute atomic E-state index is 0.304. The van der Waals surface area contributed by atoms with Gasteiger partial charge in [-0.2, -0.15) is 13.2 Å². The summed E-state index contributed by atoms with van der Waals surface area (Å²) < 4.78 is 39.7. The number of amides is 3. The lowest BCUT2D eigenvalue weighted by Crippen LogP contribution is -2.47. The number of nitrogens with one attached hydrogen (secondary N) is 2. The molecule has 0 aliphatic carbocycles. The van der Waals surface area contributed by atoms with Gasteiger partial charge in [0, 0.05) is 11.8 Å². The van der Waals surface area contributed by atoms with Crippen molar-refractivity contribution in [3.8, 4) is 0 Å². The first-order chi connectivity index (χ1) is 12.7. The predicted octanol–water partition coefficient (Wildman–Crippen LogP) is 2.65. The first-order valence-electron chi connectivity index (χ1n) is 7.79. The summed E-state index contributed by atoms with van der Waals surface area (Å²) in [6, 6.07) is 9.78. The van der Waals surface area contributed by atoms with Crippen LogP contribution >= 0.6 is 0 Å². The summed E-state index contributed by atoms with van der Waals surface area (Å²) in [6.45, 7) is -0.761. The van der Waals surface area contributed by atoms with Crippen LogP contribution in [0.4, 0.5) is 23.7 Å². The molecule has 1 aliphatic heterocycles. The summed E-state index contributed by atoms with van der Waals surface area (Å²) in [7, 11) is 0. The average molecular weight is 377 g/mol. The summed E-state index contributed by atoms with van der Waals surface area (Å²) >= 11 is 0. The van der Waals surface area contributed by atoms with Crippen LogP contribution < -0.4 is 10.2 Å². The molecule has 0 spiro atoms. The molecule has 1 unspecified atom stereocenters. The Morgan fingerprint density at radius 3 is 2.37 bits per heavy atom. The van der Waals surface area contributed by atoms with Gasteiger partial charge in [0.25, 0.3) is 5.91 Å². The Kier molecular flexibility index (Phi) is 4.48. The lowest BCUT2D eigenvalue weighted by molar-refractivity contribution is -0.137. The summed E-state index contributed by atoms with van der Waals surface area (Å²) in [6.07, 6.45) is -4.23. The van der Waals surface area contributed by atoms with Crippen molar-refractivity contribution in [2.24, 2.45) is 0 Å². The van der Waals surface area contributed by atoms with Crippen LogP contribution in [-0.4, -0.2) is 29.9 Å². The molecule has 3 amide bonds. The van der Waals surface area contributed by atoms with Crippen LogP contribution in [0.1, 0.15) is 16.7 Å². The SMILES string of the molecule is N=Cc1ccc(N2C(=O)NC(CO)(c3ccccc3)C2=O)cc1C(F)(F)F. The molecule has 3 rings (SSSR count). The molecular weight excluding hydrogens is 363 g/mol. The van der Waals surface area contributed by atoms with Crippen LogP contribution in [0.2, 0.25) is 0 Å². The number of hydrogen-bond donors (Lipinski definition) is 3. The number of hydrogen-bond acceptors (Lipinski definition) is 4. The number of urea groups is 1. The largest absolute Gasteiger partial charge is 0.417 e. The van der Waals surface area contributed by atoms with Crippen molar-refractivity contribution < 1.29 is 27.9 Å². The van der Waals surface area contributed by atoms with Crippen molar-refractivity contribution in [3.05, 3.63) is 65.2 Å². The molecule has 27 heavy (non-hydrogen) atoms. The molecule has 0 aromatic heterocycles. The maximum Gasteiger partial charge on any atom is 0.417 e. The number of alkyl halides is 3. The van der Waals surface area contributed by atoms with E-state index >= 15 is 0 Å². The molecule has 1 aliphatic rings. The average Bonchev–Trinajstić information content (AvgIpc) is 2.92. The molecule has 9 heteroatoms. The lowest BCUT2D eigenvalue weighted by atomic mass is 9.90. The first-order valence-corrected chi connectivity index (χ1v) is 7.79. The first kappa shape index (κ1) is 18.6. The maximum atomic E-state index is 13.2. The quantitative estimate of drug-likeness (QED) is 0.565. The van der Waals surface area contributed by atoms with Crippen molar-refractivity contribution in [3.63, 3.8) is 0 Å². The molecule has 1 atom stereocenters. The highest BCUT2D eigenvalue weighted by Crippen LogP contribution is 2.37. The number of rotatable bonds is 4. The number of aliphatic hydroxyl groups is 1. The van der Waals surface area contributed by atoms with Crippen molar-refractivity contribution >= 4 is 23.8 Å². The molecule has 140 valence electrons. The fourth-order valence-electron chi connectivity index (χ4n) is 2.98. The molecule has 6 nitrogen and oxygen atoms in total. The topological polar surface area (TPSA) is 93.5 Å². The molecule has 0 radical (unpaired) electrons. The summed E-state index contributed by atoms with van der Waals surface area (Å²) in [5.74, 6) is -0.892. The molecule has 0 bridgehead atoms. The van der Waals surface area contributed by atoms with E-state index in [1.165, 1.54) is 12.1 Å². The third kappa shape index (κ3) is 2.95. The standard InChI is InChI=1S/C18H14F3N3O3/c19-18(20,21)14-8-13(7-6-11(14)9-22)24-15(26)17(10-25,23-16(24)27)12-4-2-1-3-5-12/h1-9,22,25H,10H2,(H,23,27). The predicted molar refractivity (Wildman–Crippen MR) is 90.6 cm³/mol. The molecule has 0 saturated carbocycles. The number of anilines is 1. The zero-order valence-electron chi connectivity index (χ0n) is 13.7. The third-order valence-corrected chi connectivity index (χ3v) is 4.35. The van der Waals surface area contributed by atoms with E-state index in [1.807, 2.05) is 0 Å². The van der Waals surface area contributed by atoms with Gasteiger partial charge in [-0.15, -0.1) is 0 Å². The fraction of sp³-hybridized carbons (Fsp3) is 0.167. The second kappa shape index (κ2) is 6.51. The van der Waals surface area contributed by atoms with E-state index in [-0.39, 0.29) is 5.69 Å². The van der Waals surface area contributed by atoms with E-state index in [2.05, 4.69) is 5.32 Å². The van der Waals surface area contributed by atoms with Gasteiger partial charge in [-0.25, -0.2) is 9.69 Å². The van der Waals surface area contributed by atoms with E-state index in [0.29, 0.717) is 22.7 Å². The molecule has 3 N–H and O–H groups in total. The fourth-order valence-corrected chi connectivity index (χ4v) is 2.98.